The lowest BCUT2D eigenvalue weighted by molar-refractivity contribution is -0.121. The maximum absolute atomic E-state index is 11.0. The van der Waals surface area contributed by atoms with Crippen molar-refractivity contribution in [2.24, 2.45) is 5.73 Å². The van der Waals surface area contributed by atoms with E-state index in [1.165, 1.54) is 0 Å². The molecule has 72 valence electrons. The van der Waals surface area contributed by atoms with E-state index in [1.807, 2.05) is 6.92 Å². The van der Waals surface area contributed by atoms with Gasteiger partial charge in [0, 0.05) is 25.6 Å². The van der Waals surface area contributed by atoms with E-state index in [9.17, 15) is 4.79 Å². The number of hydrogen-bond donors (Lipinski definition) is 3. The minimum atomic E-state index is 0.0146. The van der Waals surface area contributed by atoms with Crippen molar-refractivity contribution in [3.05, 3.63) is 0 Å². The molecule has 0 radical (unpaired) electrons. The fraction of sp³-hybridized carbons (Fsp3) is 0.875. The van der Waals surface area contributed by atoms with Crippen LogP contribution in [0.25, 0.3) is 0 Å². The van der Waals surface area contributed by atoms with Crippen LogP contribution in [0.3, 0.4) is 0 Å². The van der Waals surface area contributed by atoms with Crippen LogP contribution in [-0.2, 0) is 4.79 Å². The third-order valence-electron chi connectivity index (χ3n) is 1.48. The van der Waals surface area contributed by atoms with E-state index in [2.05, 4.69) is 5.32 Å². The maximum Gasteiger partial charge on any atom is 0.220 e. The minimum absolute atomic E-state index is 0.0146. The van der Waals surface area contributed by atoms with Crippen molar-refractivity contribution < 1.29 is 9.90 Å². The highest BCUT2D eigenvalue weighted by molar-refractivity contribution is 5.75. The minimum Gasteiger partial charge on any atom is -0.396 e. The van der Waals surface area contributed by atoms with Gasteiger partial charge >= 0.3 is 0 Å². The molecule has 4 N–H and O–H groups in total. The Labute approximate surface area is 73.1 Å². The number of carbonyl (C=O) groups excluding carboxylic acids is 1. The SMILES string of the molecule is CC(N)CCC(=O)NCCCO. The number of nitrogens with two attached hydrogens (primary N) is 1. The van der Waals surface area contributed by atoms with Gasteiger partial charge in [-0.25, -0.2) is 0 Å². The molecule has 0 spiro atoms. The van der Waals surface area contributed by atoms with Crippen LogP contribution in [0.5, 0.6) is 0 Å². The van der Waals surface area contributed by atoms with Gasteiger partial charge in [0.2, 0.25) is 5.91 Å². The standard InChI is InChI=1S/C8H18N2O2/c1-7(9)3-4-8(12)10-5-2-6-11/h7,11H,2-6,9H2,1H3,(H,10,12). The van der Waals surface area contributed by atoms with E-state index >= 15 is 0 Å². The van der Waals surface area contributed by atoms with Gasteiger partial charge in [0.15, 0.2) is 0 Å². The quantitative estimate of drug-likeness (QED) is 0.480. The number of nitrogens with one attached hydrogen (secondary N) is 1. The van der Waals surface area contributed by atoms with Crippen LogP contribution in [0.15, 0.2) is 0 Å². The van der Waals surface area contributed by atoms with Crippen LogP contribution in [-0.4, -0.2) is 30.2 Å². The monoisotopic (exact) mass is 174 g/mol. The zero-order valence-electron chi connectivity index (χ0n) is 7.55. The van der Waals surface area contributed by atoms with Crippen LogP contribution in [0.1, 0.15) is 26.2 Å². The first-order valence-electron chi connectivity index (χ1n) is 4.30. The first kappa shape index (κ1) is 11.4. The van der Waals surface area contributed by atoms with E-state index < -0.39 is 0 Å². The van der Waals surface area contributed by atoms with Crippen LogP contribution in [0, 0.1) is 0 Å². The van der Waals surface area contributed by atoms with Gasteiger partial charge < -0.3 is 16.2 Å². The van der Waals surface area contributed by atoms with E-state index in [0.29, 0.717) is 25.8 Å². The summed E-state index contributed by atoms with van der Waals surface area (Å²) in [6, 6.07) is 0.0774. The average Bonchev–Trinajstić information content (AvgIpc) is 2.01. The van der Waals surface area contributed by atoms with Crippen molar-refractivity contribution in [3.63, 3.8) is 0 Å². The van der Waals surface area contributed by atoms with E-state index in [-0.39, 0.29) is 18.6 Å². The molecule has 0 saturated heterocycles. The van der Waals surface area contributed by atoms with E-state index in [1.54, 1.807) is 0 Å². The first-order chi connectivity index (χ1) is 5.66. The summed E-state index contributed by atoms with van der Waals surface area (Å²) >= 11 is 0. The zero-order valence-corrected chi connectivity index (χ0v) is 7.55. The molecular formula is C8H18N2O2. The molecule has 12 heavy (non-hydrogen) atoms. The smallest absolute Gasteiger partial charge is 0.220 e. The lowest BCUT2D eigenvalue weighted by Gasteiger charge is -2.05. The molecule has 4 heteroatoms. The highest BCUT2D eigenvalue weighted by Gasteiger charge is 2.01. The summed E-state index contributed by atoms with van der Waals surface area (Å²) in [5, 5.41) is 11.1. The van der Waals surface area contributed by atoms with E-state index in [4.69, 9.17) is 10.8 Å². The van der Waals surface area contributed by atoms with Crippen LogP contribution < -0.4 is 11.1 Å². The molecule has 0 heterocycles. The Balaban J connectivity index is 3.22. The predicted octanol–water partition coefficient (Wildman–Crippen LogP) is -0.388. The van der Waals surface area contributed by atoms with Crippen LogP contribution >= 0.6 is 0 Å². The summed E-state index contributed by atoms with van der Waals surface area (Å²) in [6.45, 7) is 2.54. The second-order valence-electron chi connectivity index (χ2n) is 2.94. The predicted molar refractivity (Wildman–Crippen MR) is 47.6 cm³/mol. The fourth-order valence-corrected chi connectivity index (χ4v) is 0.754. The third-order valence-corrected chi connectivity index (χ3v) is 1.48. The lowest BCUT2D eigenvalue weighted by atomic mass is 10.2. The maximum atomic E-state index is 11.0. The lowest BCUT2D eigenvalue weighted by Crippen LogP contribution is -2.27. The molecule has 1 atom stereocenters. The molecule has 0 saturated carbocycles. The van der Waals surface area contributed by atoms with Crippen molar-refractivity contribution in [1.29, 1.82) is 0 Å². The van der Waals surface area contributed by atoms with Gasteiger partial charge in [0.25, 0.3) is 0 Å². The van der Waals surface area contributed by atoms with Gasteiger partial charge in [-0.3, -0.25) is 4.79 Å². The number of hydrogen-bond acceptors (Lipinski definition) is 3. The molecule has 1 amide bonds. The Kier molecular flexibility index (Phi) is 6.70. The normalized spacial score (nSPS) is 12.6. The highest BCUT2D eigenvalue weighted by atomic mass is 16.3. The summed E-state index contributed by atoms with van der Waals surface area (Å²) in [6.07, 6.45) is 1.80. The summed E-state index contributed by atoms with van der Waals surface area (Å²) < 4.78 is 0. The van der Waals surface area contributed by atoms with Gasteiger partial charge in [-0.2, -0.15) is 0 Å². The zero-order chi connectivity index (χ0) is 9.40. The fourth-order valence-electron chi connectivity index (χ4n) is 0.754. The molecule has 0 aliphatic heterocycles. The van der Waals surface area contributed by atoms with Gasteiger partial charge in [-0.05, 0) is 19.8 Å². The van der Waals surface area contributed by atoms with Gasteiger partial charge in [0.1, 0.15) is 0 Å². The van der Waals surface area contributed by atoms with Gasteiger partial charge in [-0.15, -0.1) is 0 Å². The second kappa shape index (κ2) is 7.06. The molecular weight excluding hydrogens is 156 g/mol. The molecule has 1 unspecified atom stereocenters. The molecule has 0 aromatic rings. The molecule has 0 bridgehead atoms. The largest absolute Gasteiger partial charge is 0.396 e. The molecule has 0 aromatic carbocycles. The summed E-state index contributed by atoms with van der Waals surface area (Å²) in [7, 11) is 0. The van der Waals surface area contributed by atoms with Crippen LogP contribution in [0.4, 0.5) is 0 Å². The average molecular weight is 174 g/mol. The topological polar surface area (TPSA) is 75.4 Å². The molecule has 0 rings (SSSR count). The van der Waals surface area contributed by atoms with Gasteiger partial charge in [-0.1, -0.05) is 0 Å². The summed E-state index contributed by atoms with van der Waals surface area (Å²) in [5.74, 6) is 0.0146. The Morgan fingerprint density at radius 2 is 2.33 bits per heavy atom. The number of aliphatic hydroxyl groups excluding tert-OH is 1. The molecule has 4 nitrogen and oxygen atoms in total. The van der Waals surface area contributed by atoms with Crippen molar-refractivity contribution in [2.45, 2.75) is 32.2 Å². The summed E-state index contributed by atoms with van der Waals surface area (Å²) in [4.78, 5) is 11.0. The van der Waals surface area contributed by atoms with Crippen molar-refractivity contribution in [3.8, 4) is 0 Å². The Morgan fingerprint density at radius 3 is 2.83 bits per heavy atom. The van der Waals surface area contributed by atoms with Crippen molar-refractivity contribution in [1.82, 2.24) is 5.32 Å². The van der Waals surface area contributed by atoms with Crippen LogP contribution in [0.2, 0.25) is 0 Å². The van der Waals surface area contributed by atoms with E-state index in [0.717, 1.165) is 0 Å². The first-order valence-corrected chi connectivity index (χ1v) is 4.30. The Morgan fingerprint density at radius 1 is 1.67 bits per heavy atom. The Hall–Kier alpha value is -0.610. The van der Waals surface area contributed by atoms with Crippen molar-refractivity contribution >= 4 is 5.91 Å². The molecule has 0 fully saturated rings. The summed E-state index contributed by atoms with van der Waals surface area (Å²) in [5.41, 5.74) is 5.48. The number of carbonyl (C=O) groups is 1. The molecule has 0 aliphatic carbocycles. The van der Waals surface area contributed by atoms with Gasteiger partial charge in [0.05, 0.1) is 0 Å². The molecule has 0 aliphatic rings. The number of aliphatic hydroxyl groups is 1. The second-order valence-corrected chi connectivity index (χ2v) is 2.94. The highest BCUT2D eigenvalue weighted by Crippen LogP contribution is 1.92. The van der Waals surface area contributed by atoms with Crippen molar-refractivity contribution in [2.75, 3.05) is 13.2 Å². The third kappa shape index (κ3) is 7.50. The Bertz CT molecular complexity index is 126. The number of amides is 1. The molecule has 0 aromatic heterocycles. The number of rotatable bonds is 6.